The molecule has 0 unspecified atom stereocenters. The fraction of sp³-hybridized carbons (Fsp3) is 0. The third-order valence-corrected chi connectivity index (χ3v) is 9.66. The Morgan fingerprint density at radius 1 is 0.367 bits per heavy atom. The summed E-state index contributed by atoms with van der Waals surface area (Å²) in [4.78, 5) is 2.35. The van der Waals surface area contributed by atoms with Crippen LogP contribution >= 0.6 is 0 Å². The van der Waals surface area contributed by atoms with Crippen LogP contribution in [-0.4, -0.2) is 0 Å². The summed E-state index contributed by atoms with van der Waals surface area (Å²) in [5.41, 5.74) is 11.2. The zero-order valence-corrected chi connectivity index (χ0v) is 26.5. The maximum absolute atomic E-state index is 6.66. The second kappa shape index (κ2) is 11.0. The first-order valence-corrected chi connectivity index (χ1v) is 16.6. The molecule has 0 saturated heterocycles. The fourth-order valence-corrected chi connectivity index (χ4v) is 7.40. The number of nitrogens with zero attached hydrogens (tertiary/aromatic N) is 1. The number of rotatable bonds is 5. The normalized spacial score (nSPS) is 11.7. The minimum atomic E-state index is 0.850. The Labute approximate surface area is 282 Å². The summed E-state index contributed by atoms with van der Waals surface area (Å²) >= 11 is 0. The predicted molar refractivity (Wildman–Crippen MR) is 204 cm³/mol. The lowest BCUT2D eigenvalue weighted by Crippen LogP contribution is -2.10. The molecule has 8 aromatic carbocycles. The highest BCUT2D eigenvalue weighted by Gasteiger charge is 2.22. The van der Waals surface area contributed by atoms with Gasteiger partial charge in [-0.3, -0.25) is 0 Å². The van der Waals surface area contributed by atoms with E-state index in [-0.39, 0.29) is 0 Å². The molecule has 0 radical (unpaired) electrons. The Kier molecular flexibility index (Phi) is 6.18. The van der Waals surface area contributed by atoms with E-state index in [0.717, 1.165) is 82.8 Å². The molecule has 0 aliphatic heterocycles. The predicted octanol–water partition coefficient (Wildman–Crippen LogP) is 13.4. The van der Waals surface area contributed by atoms with Gasteiger partial charge < -0.3 is 13.7 Å². The molecule has 0 aliphatic rings. The summed E-state index contributed by atoms with van der Waals surface area (Å²) in [6.45, 7) is 0. The first kappa shape index (κ1) is 27.5. The van der Waals surface area contributed by atoms with Gasteiger partial charge in [0.25, 0.3) is 0 Å². The van der Waals surface area contributed by atoms with Gasteiger partial charge in [-0.1, -0.05) is 121 Å². The molecular formula is C46H29NO2. The van der Waals surface area contributed by atoms with Crippen molar-refractivity contribution in [3.63, 3.8) is 0 Å². The van der Waals surface area contributed by atoms with Crippen LogP contribution in [0.3, 0.4) is 0 Å². The Morgan fingerprint density at radius 2 is 1.00 bits per heavy atom. The third kappa shape index (κ3) is 4.44. The van der Waals surface area contributed by atoms with Crippen molar-refractivity contribution in [1.82, 2.24) is 0 Å². The standard InChI is InChI=1S/C46H29NO2/c1-3-12-30(13-4-1)35-26-23-33(28-40(35)31-14-5-2-6-15-31)47(34-24-27-38-37-18-9-10-20-42(37)48-44(38)29-34)41-19-11-21-43-45(41)39-25-22-32-16-7-8-17-36(32)46(39)49-43/h1-29H. The summed E-state index contributed by atoms with van der Waals surface area (Å²) in [5, 5.41) is 6.64. The van der Waals surface area contributed by atoms with Gasteiger partial charge in [-0.2, -0.15) is 0 Å². The maximum atomic E-state index is 6.66. The van der Waals surface area contributed by atoms with Gasteiger partial charge in [-0.15, -0.1) is 0 Å². The molecule has 0 amide bonds. The molecule has 3 heteroatoms. The Bertz CT molecular complexity index is 2830. The second-order valence-corrected chi connectivity index (χ2v) is 12.5. The molecule has 0 spiro atoms. The average Bonchev–Trinajstić information content (AvgIpc) is 3.74. The molecule has 2 aromatic heterocycles. The number of furan rings is 2. The van der Waals surface area contributed by atoms with E-state index < -0.39 is 0 Å². The Morgan fingerprint density at radius 3 is 1.84 bits per heavy atom. The molecule has 0 N–H and O–H groups in total. The minimum Gasteiger partial charge on any atom is -0.456 e. The van der Waals surface area contributed by atoms with Crippen molar-refractivity contribution in [3.8, 4) is 22.3 Å². The first-order valence-electron chi connectivity index (χ1n) is 16.6. The first-order chi connectivity index (χ1) is 24.3. The second-order valence-electron chi connectivity index (χ2n) is 12.5. The van der Waals surface area contributed by atoms with Crippen LogP contribution in [0.4, 0.5) is 17.1 Å². The molecule has 49 heavy (non-hydrogen) atoms. The lowest BCUT2D eigenvalue weighted by atomic mass is 9.93. The van der Waals surface area contributed by atoms with E-state index in [9.17, 15) is 0 Å². The Balaban J connectivity index is 1.27. The lowest BCUT2D eigenvalue weighted by molar-refractivity contribution is 0.669. The summed E-state index contributed by atoms with van der Waals surface area (Å²) in [5.74, 6) is 0. The number of para-hydroxylation sites is 1. The molecule has 0 aliphatic carbocycles. The van der Waals surface area contributed by atoms with E-state index in [1.54, 1.807) is 0 Å². The number of benzene rings is 8. The third-order valence-electron chi connectivity index (χ3n) is 9.66. The van der Waals surface area contributed by atoms with E-state index in [2.05, 4.69) is 169 Å². The molecule has 2 heterocycles. The summed E-state index contributed by atoms with van der Waals surface area (Å²) < 4.78 is 13.1. The van der Waals surface area contributed by atoms with Gasteiger partial charge in [0.1, 0.15) is 22.3 Å². The number of hydrogen-bond acceptors (Lipinski definition) is 3. The van der Waals surface area contributed by atoms with E-state index in [1.165, 1.54) is 11.1 Å². The number of anilines is 3. The molecule has 0 saturated carbocycles. The van der Waals surface area contributed by atoms with E-state index >= 15 is 0 Å². The van der Waals surface area contributed by atoms with Crippen LogP contribution in [0.5, 0.6) is 0 Å². The average molecular weight is 628 g/mol. The van der Waals surface area contributed by atoms with Gasteiger partial charge >= 0.3 is 0 Å². The quantitative estimate of drug-likeness (QED) is 0.190. The van der Waals surface area contributed by atoms with Crippen LogP contribution in [0, 0.1) is 0 Å². The Hall–Kier alpha value is -6.58. The smallest absolute Gasteiger partial charge is 0.143 e. The zero-order valence-electron chi connectivity index (χ0n) is 26.5. The molecule has 0 atom stereocenters. The van der Waals surface area contributed by atoms with Crippen molar-refractivity contribution in [1.29, 1.82) is 0 Å². The van der Waals surface area contributed by atoms with Crippen molar-refractivity contribution in [3.05, 3.63) is 176 Å². The summed E-state index contributed by atoms with van der Waals surface area (Å²) in [6.07, 6.45) is 0. The maximum Gasteiger partial charge on any atom is 0.143 e. The molecule has 230 valence electrons. The van der Waals surface area contributed by atoms with Gasteiger partial charge in [0, 0.05) is 39.0 Å². The van der Waals surface area contributed by atoms with Crippen molar-refractivity contribution in [2.75, 3.05) is 4.90 Å². The van der Waals surface area contributed by atoms with E-state index in [4.69, 9.17) is 8.83 Å². The lowest BCUT2D eigenvalue weighted by Gasteiger charge is -2.27. The van der Waals surface area contributed by atoms with Crippen molar-refractivity contribution in [2.24, 2.45) is 0 Å². The number of fused-ring (bicyclic) bond motifs is 8. The van der Waals surface area contributed by atoms with Gasteiger partial charge in [0.05, 0.1) is 11.1 Å². The van der Waals surface area contributed by atoms with Crippen molar-refractivity contribution in [2.45, 2.75) is 0 Å². The van der Waals surface area contributed by atoms with Crippen LogP contribution < -0.4 is 4.90 Å². The fourth-order valence-electron chi connectivity index (χ4n) is 7.40. The monoisotopic (exact) mass is 627 g/mol. The molecule has 0 bridgehead atoms. The van der Waals surface area contributed by atoms with Crippen LogP contribution in [0.1, 0.15) is 0 Å². The highest BCUT2D eigenvalue weighted by molar-refractivity contribution is 6.20. The molecule has 10 rings (SSSR count). The topological polar surface area (TPSA) is 29.5 Å². The highest BCUT2D eigenvalue weighted by Crippen LogP contribution is 2.47. The molecule has 10 aromatic rings. The minimum absolute atomic E-state index is 0.850. The van der Waals surface area contributed by atoms with Gasteiger partial charge in [0.2, 0.25) is 0 Å². The molecule has 0 fully saturated rings. The van der Waals surface area contributed by atoms with Crippen molar-refractivity contribution < 1.29 is 8.83 Å². The van der Waals surface area contributed by atoms with Gasteiger partial charge in [0.15, 0.2) is 0 Å². The van der Waals surface area contributed by atoms with Crippen molar-refractivity contribution >= 4 is 71.7 Å². The largest absolute Gasteiger partial charge is 0.456 e. The molecule has 3 nitrogen and oxygen atoms in total. The van der Waals surface area contributed by atoms with Gasteiger partial charge in [-0.05, 0) is 76.2 Å². The zero-order chi connectivity index (χ0) is 32.3. The van der Waals surface area contributed by atoms with Crippen LogP contribution in [0.2, 0.25) is 0 Å². The van der Waals surface area contributed by atoms with E-state index in [0.29, 0.717) is 0 Å². The molecular weight excluding hydrogens is 599 g/mol. The van der Waals surface area contributed by atoms with E-state index in [1.807, 2.05) is 12.1 Å². The van der Waals surface area contributed by atoms with Gasteiger partial charge in [-0.25, -0.2) is 0 Å². The SMILES string of the molecule is c1ccc(-c2ccc(N(c3ccc4c(c3)oc3ccccc34)c3cccc4oc5c6ccccc6ccc5c34)cc2-c2ccccc2)cc1. The van der Waals surface area contributed by atoms with Crippen LogP contribution in [0.25, 0.3) is 76.9 Å². The van der Waals surface area contributed by atoms with Crippen LogP contribution in [-0.2, 0) is 0 Å². The number of hydrogen-bond donors (Lipinski definition) is 0. The van der Waals surface area contributed by atoms with Crippen LogP contribution in [0.15, 0.2) is 185 Å². The summed E-state index contributed by atoms with van der Waals surface area (Å²) in [7, 11) is 0. The summed E-state index contributed by atoms with van der Waals surface area (Å²) in [6, 6.07) is 62.0. The highest BCUT2D eigenvalue weighted by atomic mass is 16.3.